The number of hydrogen-bond acceptors (Lipinski definition) is 8. The summed E-state index contributed by atoms with van der Waals surface area (Å²) in [5.41, 5.74) is 1.13. The first-order valence-electron chi connectivity index (χ1n) is 14.0. The average molecular weight is 601 g/mol. The Morgan fingerprint density at radius 3 is 2.75 bits per heavy atom. The number of anilines is 1. The molecule has 1 amide bonds. The van der Waals surface area contributed by atoms with Gasteiger partial charge in [-0.05, 0) is 48.6 Å². The van der Waals surface area contributed by atoms with Crippen molar-refractivity contribution in [1.29, 1.82) is 0 Å². The topological polar surface area (TPSA) is 112 Å². The van der Waals surface area contributed by atoms with Gasteiger partial charge in [-0.1, -0.05) is 39.0 Å². The van der Waals surface area contributed by atoms with E-state index >= 15 is 0 Å². The molecule has 1 aromatic carbocycles. The van der Waals surface area contributed by atoms with E-state index in [4.69, 9.17) is 4.98 Å². The van der Waals surface area contributed by atoms with E-state index in [-0.39, 0.29) is 39.9 Å². The van der Waals surface area contributed by atoms with Crippen LogP contribution in [0.3, 0.4) is 0 Å². The van der Waals surface area contributed by atoms with Crippen LogP contribution in [-0.4, -0.2) is 65.0 Å². The summed E-state index contributed by atoms with van der Waals surface area (Å²) in [5, 5.41) is 12.9. The minimum Gasteiger partial charge on any atom is -0.392 e. The SMILES string of the molecule is C[C@H](C(=O)N1CCSCC1)[C@@H]1CC[C@]2(C)Cc3sc(NS(=O)(=O)c4cccc5cccnc45)nc3[C@@H](C)[C@@H]2[C@H]1O. The number of nitrogens with zero attached hydrogens (tertiary/aromatic N) is 3. The van der Waals surface area contributed by atoms with Crippen LogP contribution in [0.2, 0.25) is 0 Å². The normalized spacial score (nSPS) is 29.4. The zero-order valence-corrected chi connectivity index (χ0v) is 25.5. The Bertz CT molecular complexity index is 1530. The highest BCUT2D eigenvalue weighted by atomic mass is 32.2. The molecule has 2 aliphatic carbocycles. The van der Waals surface area contributed by atoms with Crippen LogP contribution in [0.15, 0.2) is 41.4 Å². The molecular formula is C29H36N4O4S3. The second kappa shape index (κ2) is 10.6. The Morgan fingerprint density at radius 1 is 1.23 bits per heavy atom. The van der Waals surface area contributed by atoms with Crippen LogP contribution in [0.5, 0.6) is 0 Å². The van der Waals surface area contributed by atoms with Gasteiger partial charge in [0.2, 0.25) is 5.91 Å². The lowest BCUT2D eigenvalue weighted by Crippen LogP contribution is -2.54. The number of thioether (sulfide) groups is 1. The van der Waals surface area contributed by atoms with Crippen LogP contribution in [0.1, 0.15) is 50.1 Å². The molecule has 2 aromatic heterocycles. The Hall–Kier alpha value is -2.21. The molecule has 2 N–H and O–H groups in total. The molecule has 6 rings (SSSR count). The van der Waals surface area contributed by atoms with Crippen molar-refractivity contribution in [2.45, 2.75) is 57.0 Å². The highest BCUT2D eigenvalue weighted by Crippen LogP contribution is 2.57. The smallest absolute Gasteiger partial charge is 0.265 e. The molecule has 0 unspecified atom stereocenters. The van der Waals surface area contributed by atoms with Crippen molar-refractivity contribution >= 4 is 55.1 Å². The van der Waals surface area contributed by atoms with Gasteiger partial charge < -0.3 is 10.0 Å². The first kappa shape index (κ1) is 27.9. The van der Waals surface area contributed by atoms with E-state index in [9.17, 15) is 18.3 Å². The molecule has 0 bridgehead atoms. The molecule has 6 atom stereocenters. The predicted molar refractivity (Wildman–Crippen MR) is 160 cm³/mol. The highest BCUT2D eigenvalue weighted by Gasteiger charge is 2.54. The lowest BCUT2D eigenvalue weighted by Gasteiger charge is -2.53. The number of sulfonamides is 1. The minimum atomic E-state index is -3.91. The number of para-hydroxylation sites is 1. The van der Waals surface area contributed by atoms with Crippen molar-refractivity contribution in [3.8, 4) is 0 Å². The first-order chi connectivity index (χ1) is 19.1. The molecule has 3 aromatic rings. The molecule has 2 fully saturated rings. The van der Waals surface area contributed by atoms with Gasteiger partial charge in [-0.2, -0.15) is 11.8 Å². The molecule has 11 heteroatoms. The van der Waals surface area contributed by atoms with Crippen LogP contribution >= 0.6 is 23.1 Å². The van der Waals surface area contributed by atoms with E-state index in [0.717, 1.165) is 59.8 Å². The number of aliphatic hydroxyl groups excluding tert-OH is 1. The highest BCUT2D eigenvalue weighted by molar-refractivity contribution is 7.99. The van der Waals surface area contributed by atoms with Crippen molar-refractivity contribution in [3.05, 3.63) is 47.1 Å². The average Bonchev–Trinajstić information content (AvgIpc) is 3.33. The standard InChI is InChI=1S/C29H36N4O4S3/c1-17(27(35)33-12-14-38-15-13-33)20-9-10-29(3)16-21-24(18(2)23(29)26(20)34)31-28(39-21)32-40(36,37)22-8-4-6-19-7-5-11-30-25(19)22/h4-8,11,17-18,20,23,26,34H,9-10,12-16H2,1-3H3,(H,31,32)/t17-,18-,20-,23+,26-,29+/m0/s1. The molecule has 0 spiro atoms. The quantitative estimate of drug-likeness (QED) is 0.434. The van der Waals surface area contributed by atoms with Crippen LogP contribution < -0.4 is 4.72 Å². The summed E-state index contributed by atoms with van der Waals surface area (Å²) in [7, 11) is -3.91. The van der Waals surface area contributed by atoms with Gasteiger partial charge >= 0.3 is 0 Å². The fourth-order valence-electron chi connectivity index (χ4n) is 7.31. The molecule has 3 heterocycles. The van der Waals surface area contributed by atoms with E-state index in [1.165, 1.54) is 11.3 Å². The summed E-state index contributed by atoms with van der Waals surface area (Å²) in [6, 6.07) is 8.74. The number of pyridine rings is 1. The molecule has 3 aliphatic rings. The molecule has 214 valence electrons. The van der Waals surface area contributed by atoms with Gasteiger partial charge in [0.15, 0.2) is 5.13 Å². The third-order valence-electron chi connectivity index (χ3n) is 9.38. The molecule has 0 radical (unpaired) electrons. The number of carbonyl (C=O) groups is 1. The van der Waals surface area contributed by atoms with Gasteiger partial charge in [0.25, 0.3) is 10.0 Å². The monoisotopic (exact) mass is 600 g/mol. The number of rotatable bonds is 5. The van der Waals surface area contributed by atoms with Crippen molar-refractivity contribution in [1.82, 2.24) is 14.9 Å². The largest absolute Gasteiger partial charge is 0.392 e. The van der Waals surface area contributed by atoms with Gasteiger partial charge in [0.1, 0.15) is 4.90 Å². The number of fused-ring (bicyclic) bond motifs is 3. The van der Waals surface area contributed by atoms with E-state index in [0.29, 0.717) is 10.6 Å². The maximum absolute atomic E-state index is 13.4. The second-order valence-electron chi connectivity index (χ2n) is 11.8. The Balaban J connectivity index is 1.25. The van der Waals surface area contributed by atoms with Crippen LogP contribution in [0.4, 0.5) is 5.13 Å². The number of nitrogens with one attached hydrogen (secondary N) is 1. The molecule has 1 saturated carbocycles. The summed E-state index contributed by atoms with van der Waals surface area (Å²) >= 11 is 3.27. The van der Waals surface area contributed by atoms with Crippen molar-refractivity contribution in [3.63, 3.8) is 0 Å². The number of benzene rings is 1. The minimum absolute atomic E-state index is 0.0558. The summed E-state index contributed by atoms with van der Waals surface area (Å²) in [5.74, 6) is 1.65. The van der Waals surface area contributed by atoms with Gasteiger partial charge in [-0.25, -0.2) is 13.4 Å². The van der Waals surface area contributed by atoms with Crippen LogP contribution in [-0.2, 0) is 21.2 Å². The van der Waals surface area contributed by atoms with Gasteiger partial charge in [-0.15, -0.1) is 11.3 Å². The summed E-state index contributed by atoms with van der Waals surface area (Å²) < 4.78 is 29.6. The Labute approximate surface area is 244 Å². The van der Waals surface area contributed by atoms with E-state index in [2.05, 4.69) is 23.6 Å². The van der Waals surface area contributed by atoms with Crippen LogP contribution in [0.25, 0.3) is 10.9 Å². The number of thiazole rings is 1. The van der Waals surface area contributed by atoms with Crippen molar-refractivity contribution < 1.29 is 18.3 Å². The zero-order valence-electron chi connectivity index (χ0n) is 23.0. The summed E-state index contributed by atoms with van der Waals surface area (Å²) in [4.78, 5) is 25.6. The van der Waals surface area contributed by atoms with Gasteiger partial charge in [0, 0.05) is 52.9 Å². The maximum atomic E-state index is 13.4. The number of hydrogen-bond donors (Lipinski definition) is 2. The number of aromatic nitrogens is 2. The van der Waals surface area contributed by atoms with Crippen LogP contribution in [0, 0.1) is 23.2 Å². The first-order valence-corrected chi connectivity index (χ1v) is 17.5. The molecule has 8 nitrogen and oxygen atoms in total. The lowest BCUT2D eigenvalue weighted by molar-refractivity contribution is -0.144. The summed E-state index contributed by atoms with van der Waals surface area (Å²) in [6.07, 6.45) is 3.42. The van der Waals surface area contributed by atoms with Gasteiger partial charge in [-0.3, -0.25) is 14.5 Å². The third kappa shape index (κ3) is 4.82. The van der Waals surface area contributed by atoms with E-state index in [1.54, 1.807) is 24.4 Å². The lowest BCUT2D eigenvalue weighted by atomic mass is 9.53. The second-order valence-corrected chi connectivity index (χ2v) is 15.8. The molecular weight excluding hydrogens is 565 g/mol. The van der Waals surface area contributed by atoms with Crippen molar-refractivity contribution in [2.75, 3.05) is 29.3 Å². The third-order valence-corrected chi connectivity index (χ3v) is 12.8. The van der Waals surface area contributed by atoms with Crippen molar-refractivity contribution in [2.24, 2.45) is 23.2 Å². The predicted octanol–water partition coefficient (Wildman–Crippen LogP) is 4.76. The van der Waals surface area contributed by atoms with E-state index < -0.39 is 16.1 Å². The fraction of sp³-hybridized carbons (Fsp3) is 0.552. The van der Waals surface area contributed by atoms with Gasteiger partial charge in [0.05, 0.1) is 17.3 Å². The molecule has 1 saturated heterocycles. The number of amides is 1. The maximum Gasteiger partial charge on any atom is 0.265 e. The number of carbonyl (C=O) groups excluding carboxylic acids is 1. The Kier molecular flexibility index (Phi) is 7.38. The molecule has 40 heavy (non-hydrogen) atoms. The zero-order chi connectivity index (χ0) is 28.2. The van der Waals surface area contributed by atoms with E-state index in [1.807, 2.05) is 35.7 Å². The number of aliphatic hydroxyl groups is 1. The molecule has 1 aliphatic heterocycles. The Morgan fingerprint density at radius 2 is 1.98 bits per heavy atom. The summed E-state index contributed by atoms with van der Waals surface area (Å²) in [6.45, 7) is 7.87. The fourth-order valence-corrected chi connectivity index (χ4v) is 10.9.